The van der Waals surface area contributed by atoms with Gasteiger partial charge in [-0.2, -0.15) is 0 Å². The van der Waals surface area contributed by atoms with Crippen LogP contribution in [0.5, 0.6) is 0 Å². The lowest BCUT2D eigenvalue weighted by Gasteiger charge is -2.09. The molecule has 0 saturated carbocycles. The van der Waals surface area contributed by atoms with Gasteiger partial charge in [-0.1, -0.05) is 11.8 Å². The van der Waals surface area contributed by atoms with Crippen LogP contribution in [0.25, 0.3) is 0 Å². The van der Waals surface area contributed by atoms with E-state index in [1.54, 1.807) is 7.11 Å². The SMILES string of the molecule is CCOCCCc1nnc(SCC(=O)O)n1CCOC. The molecule has 1 rings (SSSR count). The smallest absolute Gasteiger partial charge is 0.313 e. The summed E-state index contributed by atoms with van der Waals surface area (Å²) in [7, 11) is 1.63. The van der Waals surface area contributed by atoms with E-state index in [1.807, 2.05) is 11.5 Å². The van der Waals surface area contributed by atoms with Crippen molar-refractivity contribution in [1.29, 1.82) is 0 Å². The second kappa shape index (κ2) is 9.73. The van der Waals surface area contributed by atoms with Crippen LogP contribution in [0.3, 0.4) is 0 Å². The summed E-state index contributed by atoms with van der Waals surface area (Å²) >= 11 is 1.17. The fraction of sp³-hybridized carbons (Fsp3) is 0.750. The van der Waals surface area contributed by atoms with Gasteiger partial charge in [0.25, 0.3) is 0 Å². The standard InChI is InChI=1S/C12H21N3O4S/c1-3-19-7-4-5-10-13-14-12(20-9-11(16)17)15(10)6-8-18-2/h3-9H2,1-2H3,(H,16,17). The Morgan fingerprint density at radius 3 is 2.85 bits per heavy atom. The largest absolute Gasteiger partial charge is 0.481 e. The molecular weight excluding hydrogens is 282 g/mol. The molecule has 114 valence electrons. The molecule has 1 aromatic rings. The molecule has 0 aliphatic rings. The zero-order valence-electron chi connectivity index (χ0n) is 11.9. The monoisotopic (exact) mass is 303 g/mol. The van der Waals surface area contributed by atoms with Gasteiger partial charge in [-0.15, -0.1) is 10.2 Å². The number of thioether (sulfide) groups is 1. The van der Waals surface area contributed by atoms with Crippen LogP contribution in [0.1, 0.15) is 19.2 Å². The van der Waals surface area contributed by atoms with Crippen LogP contribution in [0, 0.1) is 0 Å². The Morgan fingerprint density at radius 1 is 1.40 bits per heavy atom. The number of carboxylic acids is 1. The van der Waals surface area contributed by atoms with E-state index < -0.39 is 5.97 Å². The summed E-state index contributed by atoms with van der Waals surface area (Å²) in [5.41, 5.74) is 0. The van der Waals surface area contributed by atoms with Gasteiger partial charge in [-0.25, -0.2) is 0 Å². The van der Waals surface area contributed by atoms with Gasteiger partial charge >= 0.3 is 5.97 Å². The number of nitrogens with zero attached hydrogens (tertiary/aromatic N) is 3. The number of aliphatic carboxylic acids is 1. The minimum Gasteiger partial charge on any atom is -0.481 e. The highest BCUT2D eigenvalue weighted by atomic mass is 32.2. The first kappa shape index (κ1) is 16.9. The fourth-order valence-corrected chi connectivity index (χ4v) is 2.32. The van der Waals surface area contributed by atoms with Gasteiger partial charge in [-0.05, 0) is 13.3 Å². The van der Waals surface area contributed by atoms with Gasteiger partial charge in [0.2, 0.25) is 0 Å². The summed E-state index contributed by atoms with van der Waals surface area (Å²) in [6.45, 7) is 4.51. The third-order valence-electron chi connectivity index (χ3n) is 2.53. The zero-order valence-corrected chi connectivity index (χ0v) is 12.7. The molecule has 0 aliphatic carbocycles. The molecule has 0 unspecified atom stereocenters. The van der Waals surface area contributed by atoms with Gasteiger partial charge in [0.05, 0.1) is 12.4 Å². The third kappa shape index (κ3) is 5.89. The van der Waals surface area contributed by atoms with Crippen LogP contribution >= 0.6 is 11.8 Å². The van der Waals surface area contributed by atoms with Crippen molar-refractivity contribution in [2.24, 2.45) is 0 Å². The number of aryl methyl sites for hydroxylation is 1. The van der Waals surface area contributed by atoms with E-state index >= 15 is 0 Å². The second-order valence-electron chi connectivity index (χ2n) is 4.03. The summed E-state index contributed by atoms with van der Waals surface area (Å²) in [4.78, 5) is 10.6. The van der Waals surface area contributed by atoms with Crippen molar-refractivity contribution in [3.8, 4) is 0 Å². The van der Waals surface area contributed by atoms with Crippen molar-refractivity contribution in [3.63, 3.8) is 0 Å². The van der Waals surface area contributed by atoms with Gasteiger partial charge in [0.15, 0.2) is 5.16 Å². The fourth-order valence-electron chi connectivity index (χ4n) is 1.62. The molecule has 1 N–H and O–H groups in total. The van der Waals surface area contributed by atoms with E-state index in [4.69, 9.17) is 14.6 Å². The lowest BCUT2D eigenvalue weighted by molar-refractivity contribution is -0.133. The second-order valence-corrected chi connectivity index (χ2v) is 4.97. The van der Waals surface area contributed by atoms with E-state index in [0.29, 0.717) is 31.5 Å². The van der Waals surface area contributed by atoms with Crippen molar-refractivity contribution in [2.45, 2.75) is 31.5 Å². The first-order chi connectivity index (χ1) is 9.69. The number of carbonyl (C=O) groups is 1. The molecule has 0 spiro atoms. The third-order valence-corrected chi connectivity index (χ3v) is 3.48. The van der Waals surface area contributed by atoms with E-state index in [9.17, 15) is 4.79 Å². The number of ether oxygens (including phenoxy) is 2. The molecule has 0 fully saturated rings. The molecule has 20 heavy (non-hydrogen) atoms. The number of methoxy groups -OCH3 is 1. The lowest BCUT2D eigenvalue weighted by Crippen LogP contribution is -2.11. The minimum absolute atomic E-state index is 0.0237. The quantitative estimate of drug-likeness (QED) is 0.483. The van der Waals surface area contributed by atoms with Crippen LogP contribution < -0.4 is 0 Å². The highest BCUT2D eigenvalue weighted by Gasteiger charge is 2.13. The van der Waals surface area contributed by atoms with Crippen LogP contribution in [0.4, 0.5) is 0 Å². The van der Waals surface area contributed by atoms with Crippen molar-refractivity contribution in [3.05, 3.63) is 5.82 Å². The molecule has 0 aromatic carbocycles. The Balaban J connectivity index is 2.63. The number of carboxylic acid groups (broad SMARTS) is 1. The van der Waals surface area contributed by atoms with E-state index in [-0.39, 0.29) is 5.75 Å². The first-order valence-electron chi connectivity index (χ1n) is 6.52. The molecule has 7 nitrogen and oxygen atoms in total. The molecular formula is C12H21N3O4S. The summed E-state index contributed by atoms with van der Waals surface area (Å²) in [5, 5.41) is 17.5. The zero-order chi connectivity index (χ0) is 14.8. The van der Waals surface area contributed by atoms with Gasteiger partial charge in [0.1, 0.15) is 5.82 Å². The van der Waals surface area contributed by atoms with E-state index in [0.717, 1.165) is 18.7 Å². The van der Waals surface area contributed by atoms with Gasteiger partial charge < -0.3 is 19.1 Å². The Morgan fingerprint density at radius 2 is 2.20 bits per heavy atom. The van der Waals surface area contributed by atoms with Crippen molar-refractivity contribution in [1.82, 2.24) is 14.8 Å². The van der Waals surface area contributed by atoms with E-state index in [1.165, 1.54) is 11.8 Å². The Labute approximate surface area is 122 Å². The molecule has 0 atom stereocenters. The van der Waals surface area contributed by atoms with Crippen molar-refractivity contribution >= 4 is 17.7 Å². The predicted octanol–water partition coefficient (Wildman–Crippen LogP) is 1.07. The maximum Gasteiger partial charge on any atom is 0.313 e. The molecule has 0 bridgehead atoms. The number of hydrogen-bond donors (Lipinski definition) is 1. The number of aromatic nitrogens is 3. The minimum atomic E-state index is -0.866. The lowest BCUT2D eigenvalue weighted by atomic mass is 10.3. The molecule has 0 radical (unpaired) electrons. The van der Waals surface area contributed by atoms with Crippen LogP contribution in [-0.2, 0) is 27.2 Å². The predicted molar refractivity (Wildman–Crippen MR) is 75.1 cm³/mol. The molecule has 1 aromatic heterocycles. The molecule has 0 aliphatic heterocycles. The topological polar surface area (TPSA) is 86.5 Å². The van der Waals surface area contributed by atoms with E-state index in [2.05, 4.69) is 10.2 Å². The average Bonchev–Trinajstić information content (AvgIpc) is 2.81. The first-order valence-corrected chi connectivity index (χ1v) is 7.51. The van der Waals surface area contributed by atoms with Gasteiger partial charge in [-0.3, -0.25) is 4.79 Å². The Hall–Kier alpha value is -1.12. The van der Waals surface area contributed by atoms with Crippen LogP contribution in [-0.4, -0.2) is 58.5 Å². The van der Waals surface area contributed by atoms with Crippen LogP contribution in [0.2, 0.25) is 0 Å². The molecule has 0 saturated heterocycles. The maximum absolute atomic E-state index is 10.6. The summed E-state index contributed by atoms with van der Waals surface area (Å²) in [6.07, 6.45) is 1.62. The summed E-state index contributed by atoms with van der Waals surface area (Å²) in [5.74, 6) is -0.0480. The normalized spacial score (nSPS) is 10.9. The van der Waals surface area contributed by atoms with Crippen LogP contribution in [0.15, 0.2) is 5.16 Å². The van der Waals surface area contributed by atoms with Gasteiger partial charge in [0, 0.05) is 33.3 Å². The number of rotatable bonds is 11. The molecule has 1 heterocycles. The summed E-state index contributed by atoms with van der Waals surface area (Å²) in [6, 6.07) is 0. The van der Waals surface area contributed by atoms with Crippen molar-refractivity contribution < 1.29 is 19.4 Å². The Kier molecular flexibility index (Phi) is 8.24. The summed E-state index contributed by atoms with van der Waals surface area (Å²) < 4.78 is 12.3. The molecule has 0 amide bonds. The Bertz CT molecular complexity index is 411. The average molecular weight is 303 g/mol. The molecule has 8 heteroatoms. The maximum atomic E-state index is 10.6. The van der Waals surface area contributed by atoms with Crippen molar-refractivity contribution in [2.75, 3.05) is 32.7 Å². The number of hydrogen-bond acceptors (Lipinski definition) is 6. The highest BCUT2D eigenvalue weighted by Crippen LogP contribution is 2.17. The highest BCUT2D eigenvalue weighted by molar-refractivity contribution is 7.99.